The highest BCUT2D eigenvalue weighted by molar-refractivity contribution is 8.00. The van der Waals surface area contributed by atoms with Crippen molar-refractivity contribution < 1.29 is 13.9 Å². The monoisotopic (exact) mass is 410 g/mol. The Balaban J connectivity index is 1.42. The largest absolute Gasteiger partial charge is 0.494 e. The quantitative estimate of drug-likeness (QED) is 0.397. The molecule has 28 heavy (non-hydrogen) atoms. The fourth-order valence-corrected chi connectivity index (χ4v) is 4.10. The summed E-state index contributed by atoms with van der Waals surface area (Å²) in [5.74, 6) is 1.73. The van der Waals surface area contributed by atoms with Gasteiger partial charge in [0.15, 0.2) is 10.9 Å². The number of nitrogens with zero attached hydrogens (tertiary/aromatic N) is 1. The van der Waals surface area contributed by atoms with Gasteiger partial charge in [0.2, 0.25) is 5.91 Å². The molecule has 0 fully saturated rings. The van der Waals surface area contributed by atoms with Gasteiger partial charge in [-0.15, -0.1) is 23.1 Å². The van der Waals surface area contributed by atoms with E-state index in [0.717, 1.165) is 21.6 Å². The van der Waals surface area contributed by atoms with Crippen LogP contribution in [0.2, 0.25) is 0 Å². The summed E-state index contributed by atoms with van der Waals surface area (Å²) < 4.78 is 11.4. The molecule has 0 radical (unpaired) electrons. The lowest BCUT2D eigenvalue weighted by atomic mass is 10.2. The van der Waals surface area contributed by atoms with Crippen LogP contribution in [0.25, 0.3) is 22.4 Å². The summed E-state index contributed by atoms with van der Waals surface area (Å²) in [6.45, 7) is 2.57. The molecule has 4 aromatic rings. The molecule has 1 N–H and O–H groups in total. The van der Waals surface area contributed by atoms with E-state index in [-0.39, 0.29) is 5.91 Å². The SMILES string of the molecule is CCOc1ccc2oc(-c3csc(NC(=O)CSc4ccccc4)n3)cc2c1. The maximum Gasteiger partial charge on any atom is 0.236 e. The molecule has 0 saturated carbocycles. The second kappa shape index (κ2) is 8.50. The molecule has 0 aliphatic rings. The molecular formula is C21H18N2O3S2. The number of anilines is 1. The minimum atomic E-state index is -0.0827. The predicted octanol–water partition coefficient (Wildman–Crippen LogP) is 5.69. The first-order chi connectivity index (χ1) is 13.7. The number of benzene rings is 2. The van der Waals surface area contributed by atoms with E-state index in [1.807, 2.05) is 66.9 Å². The van der Waals surface area contributed by atoms with Crippen molar-refractivity contribution >= 4 is 45.1 Å². The van der Waals surface area contributed by atoms with E-state index in [1.165, 1.54) is 23.1 Å². The highest BCUT2D eigenvalue weighted by Gasteiger charge is 2.13. The van der Waals surface area contributed by atoms with Crippen LogP contribution in [0, 0.1) is 0 Å². The average molecular weight is 411 g/mol. The Morgan fingerprint density at radius 2 is 2.07 bits per heavy atom. The molecule has 0 bridgehead atoms. The smallest absolute Gasteiger partial charge is 0.236 e. The summed E-state index contributed by atoms with van der Waals surface area (Å²) >= 11 is 2.87. The number of carbonyl (C=O) groups excluding carboxylic acids is 1. The van der Waals surface area contributed by atoms with Gasteiger partial charge in [-0.2, -0.15) is 0 Å². The third kappa shape index (κ3) is 4.37. The summed E-state index contributed by atoms with van der Waals surface area (Å²) in [6, 6.07) is 17.5. The third-order valence-corrected chi connectivity index (χ3v) is 5.68. The molecular weight excluding hydrogens is 392 g/mol. The van der Waals surface area contributed by atoms with Crippen molar-refractivity contribution in [2.24, 2.45) is 0 Å². The number of fused-ring (bicyclic) bond motifs is 1. The first-order valence-electron chi connectivity index (χ1n) is 8.81. The maximum atomic E-state index is 12.2. The fraction of sp³-hybridized carbons (Fsp3) is 0.143. The van der Waals surface area contributed by atoms with E-state index >= 15 is 0 Å². The third-order valence-electron chi connectivity index (χ3n) is 3.91. The van der Waals surface area contributed by atoms with Crippen LogP contribution in [0.1, 0.15) is 6.92 Å². The number of amides is 1. The van der Waals surface area contributed by atoms with Crippen LogP contribution in [0.5, 0.6) is 5.75 Å². The van der Waals surface area contributed by atoms with Crippen LogP contribution in [-0.4, -0.2) is 23.3 Å². The van der Waals surface area contributed by atoms with E-state index in [9.17, 15) is 4.79 Å². The van der Waals surface area contributed by atoms with Gasteiger partial charge in [-0.25, -0.2) is 4.98 Å². The van der Waals surface area contributed by atoms with Gasteiger partial charge in [0.25, 0.3) is 0 Å². The molecule has 0 atom stereocenters. The molecule has 2 aromatic heterocycles. The van der Waals surface area contributed by atoms with Crippen LogP contribution >= 0.6 is 23.1 Å². The van der Waals surface area contributed by atoms with Gasteiger partial charge in [0.1, 0.15) is 17.0 Å². The zero-order valence-electron chi connectivity index (χ0n) is 15.2. The normalized spacial score (nSPS) is 10.9. The number of rotatable bonds is 7. The number of ether oxygens (including phenoxy) is 1. The molecule has 2 heterocycles. The van der Waals surface area contributed by atoms with Crippen LogP contribution in [0.15, 0.2) is 69.3 Å². The first-order valence-corrected chi connectivity index (χ1v) is 10.7. The van der Waals surface area contributed by atoms with E-state index in [4.69, 9.17) is 9.15 Å². The number of nitrogens with one attached hydrogen (secondary N) is 1. The van der Waals surface area contributed by atoms with Crippen molar-refractivity contribution in [3.05, 3.63) is 60.0 Å². The van der Waals surface area contributed by atoms with Crippen molar-refractivity contribution in [2.45, 2.75) is 11.8 Å². The van der Waals surface area contributed by atoms with Crippen molar-refractivity contribution in [3.63, 3.8) is 0 Å². The minimum Gasteiger partial charge on any atom is -0.494 e. The van der Waals surface area contributed by atoms with Gasteiger partial charge in [-0.1, -0.05) is 18.2 Å². The Bertz CT molecular complexity index is 1090. The molecule has 4 rings (SSSR count). The molecule has 0 aliphatic heterocycles. The molecule has 142 valence electrons. The highest BCUT2D eigenvalue weighted by Crippen LogP contribution is 2.32. The number of aromatic nitrogens is 1. The molecule has 0 aliphatic carbocycles. The summed E-state index contributed by atoms with van der Waals surface area (Å²) in [6.07, 6.45) is 0. The molecule has 0 saturated heterocycles. The van der Waals surface area contributed by atoms with Gasteiger partial charge in [-0.05, 0) is 43.3 Å². The number of thiazole rings is 1. The van der Waals surface area contributed by atoms with Gasteiger partial charge >= 0.3 is 0 Å². The zero-order chi connectivity index (χ0) is 19.3. The zero-order valence-corrected chi connectivity index (χ0v) is 16.8. The van der Waals surface area contributed by atoms with Gasteiger partial charge < -0.3 is 14.5 Å². The van der Waals surface area contributed by atoms with Crippen LogP contribution in [0.3, 0.4) is 0 Å². The lowest BCUT2D eigenvalue weighted by Crippen LogP contribution is -2.13. The van der Waals surface area contributed by atoms with E-state index < -0.39 is 0 Å². The Morgan fingerprint density at radius 3 is 2.89 bits per heavy atom. The van der Waals surface area contributed by atoms with E-state index in [2.05, 4.69) is 10.3 Å². The Labute approximate surface area is 170 Å². The van der Waals surface area contributed by atoms with E-state index in [0.29, 0.717) is 28.9 Å². The van der Waals surface area contributed by atoms with Crippen LogP contribution < -0.4 is 10.1 Å². The molecule has 5 nitrogen and oxygen atoms in total. The predicted molar refractivity (Wildman–Crippen MR) is 114 cm³/mol. The molecule has 0 unspecified atom stereocenters. The van der Waals surface area contributed by atoms with Gasteiger partial charge in [0, 0.05) is 15.7 Å². The summed E-state index contributed by atoms with van der Waals surface area (Å²) in [7, 11) is 0. The molecule has 2 aromatic carbocycles. The summed E-state index contributed by atoms with van der Waals surface area (Å²) in [5, 5.41) is 6.24. The van der Waals surface area contributed by atoms with Crippen molar-refractivity contribution in [3.8, 4) is 17.2 Å². The number of furan rings is 1. The van der Waals surface area contributed by atoms with Crippen molar-refractivity contribution in [1.82, 2.24) is 4.98 Å². The Hall–Kier alpha value is -2.77. The minimum absolute atomic E-state index is 0.0827. The number of carbonyl (C=O) groups is 1. The number of hydrogen-bond acceptors (Lipinski definition) is 6. The van der Waals surface area contributed by atoms with Gasteiger partial charge in [-0.3, -0.25) is 4.79 Å². The Morgan fingerprint density at radius 1 is 1.21 bits per heavy atom. The molecule has 0 spiro atoms. The second-order valence-electron chi connectivity index (χ2n) is 5.93. The summed E-state index contributed by atoms with van der Waals surface area (Å²) in [4.78, 5) is 17.7. The van der Waals surface area contributed by atoms with Crippen molar-refractivity contribution in [2.75, 3.05) is 17.7 Å². The lowest BCUT2D eigenvalue weighted by Gasteiger charge is -2.01. The number of hydrogen-bond donors (Lipinski definition) is 1. The highest BCUT2D eigenvalue weighted by atomic mass is 32.2. The van der Waals surface area contributed by atoms with Crippen LogP contribution in [-0.2, 0) is 4.79 Å². The topological polar surface area (TPSA) is 64.4 Å². The first kappa shape index (κ1) is 18.6. The maximum absolute atomic E-state index is 12.2. The standard InChI is InChI=1S/C21H18N2O3S2/c1-2-25-15-8-9-18-14(10-15)11-19(26-18)17-12-28-21(22-17)23-20(24)13-27-16-6-4-3-5-7-16/h3-12H,2,13H2,1H3,(H,22,23,24). The van der Waals surface area contributed by atoms with E-state index in [1.54, 1.807) is 0 Å². The molecule has 1 amide bonds. The van der Waals surface area contributed by atoms with Gasteiger partial charge in [0.05, 0.1) is 12.4 Å². The van der Waals surface area contributed by atoms with Crippen molar-refractivity contribution in [1.29, 1.82) is 0 Å². The van der Waals surface area contributed by atoms with Crippen LogP contribution in [0.4, 0.5) is 5.13 Å². The number of thioether (sulfide) groups is 1. The summed E-state index contributed by atoms with van der Waals surface area (Å²) in [5.41, 5.74) is 1.47. The average Bonchev–Trinajstić information content (AvgIpc) is 3.34. The Kier molecular flexibility index (Phi) is 5.64. The lowest BCUT2D eigenvalue weighted by molar-refractivity contribution is -0.113. The second-order valence-corrected chi connectivity index (χ2v) is 7.84. The molecule has 7 heteroatoms. The fourth-order valence-electron chi connectivity index (χ4n) is 2.67.